The molecule has 4 N–H and O–H groups in total. The van der Waals surface area contributed by atoms with Crippen LogP contribution in [0.5, 0.6) is 0 Å². The van der Waals surface area contributed by atoms with Crippen LogP contribution < -0.4 is 11.1 Å². The van der Waals surface area contributed by atoms with Gasteiger partial charge in [0.1, 0.15) is 0 Å². The fraction of sp³-hybridized carbons (Fsp3) is 0.500. The first-order valence-electron chi connectivity index (χ1n) is 6.25. The van der Waals surface area contributed by atoms with Crippen molar-refractivity contribution in [1.82, 2.24) is 5.32 Å². The van der Waals surface area contributed by atoms with Gasteiger partial charge in [0.2, 0.25) is 5.91 Å². The molecular formula is C14H22N2O2. The van der Waals surface area contributed by atoms with E-state index >= 15 is 0 Å². The van der Waals surface area contributed by atoms with Crippen molar-refractivity contribution in [3.8, 4) is 0 Å². The molecule has 1 aromatic rings. The number of benzene rings is 1. The zero-order chi connectivity index (χ0) is 13.5. The number of hydrogen-bond acceptors (Lipinski definition) is 3. The smallest absolute Gasteiger partial charge is 0.237 e. The monoisotopic (exact) mass is 250 g/mol. The van der Waals surface area contributed by atoms with Gasteiger partial charge in [0, 0.05) is 0 Å². The number of rotatable bonds is 6. The van der Waals surface area contributed by atoms with E-state index in [0.29, 0.717) is 6.42 Å². The molecule has 0 aliphatic carbocycles. The average molecular weight is 250 g/mol. The number of aliphatic hydroxyl groups excluding tert-OH is 1. The number of hydrogen-bond donors (Lipinski definition) is 3. The second-order valence-electron chi connectivity index (χ2n) is 4.85. The minimum atomic E-state index is -0.533. The van der Waals surface area contributed by atoms with Crippen LogP contribution in [-0.2, 0) is 11.2 Å². The van der Waals surface area contributed by atoms with E-state index in [1.165, 1.54) is 0 Å². The Labute approximate surface area is 108 Å². The molecular weight excluding hydrogens is 228 g/mol. The van der Waals surface area contributed by atoms with Crippen molar-refractivity contribution in [2.45, 2.75) is 32.4 Å². The van der Waals surface area contributed by atoms with Crippen molar-refractivity contribution in [2.24, 2.45) is 11.7 Å². The molecule has 100 valence electrons. The first-order valence-corrected chi connectivity index (χ1v) is 6.25. The minimum absolute atomic E-state index is 0.0843. The highest BCUT2D eigenvalue weighted by atomic mass is 16.3. The Balaban J connectivity index is 2.55. The standard InChI is InChI=1S/C14H22N2O2/c1-10(2)13(15)14(18)16-12(9-17)8-11-6-4-3-5-7-11/h3-7,10,12-13,17H,8-9,15H2,1-2H3,(H,16,18)/t12-,13+/m1/s1. The maximum Gasteiger partial charge on any atom is 0.237 e. The lowest BCUT2D eigenvalue weighted by Gasteiger charge is -2.21. The summed E-state index contributed by atoms with van der Waals surface area (Å²) in [5, 5.41) is 12.1. The molecule has 1 rings (SSSR count). The normalized spacial score (nSPS) is 14.3. The summed E-state index contributed by atoms with van der Waals surface area (Å²) in [5.41, 5.74) is 6.84. The number of aliphatic hydroxyl groups is 1. The highest BCUT2D eigenvalue weighted by Crippen LogP contribution is 2.04. The molecule has 0 aliphatic heterocycles. The SMILES string of the molecule is CC(C)[C@H](N)C(=O)N[C@@H](CO)Cc1ccccc1. The Morgan fingerprint density at radius 3 is 2.44 bits per heavy atom. The van der Waals surface area contributed by atoms with Crippen LogP contribution in [0.2, 0.25) is 0 Å². The summed E-state index contributed by atoms with van der Waals surface area (Å²) in [6.45, 7) is 3.70. The third kappa shape index (κ3) is 4.47. The number of amides is 1. The number of nitrogens with one attached hydrogen (secondary N) is 1. The van der Waals surface area contributed by atoms with Crippen LogP contribution in [0.1, 0.15) is 19.4 Å². The molecule has 0 unspecified atom stereocenters. The van der Waals surface area contributed by atoms with E-state index in [2.05, 4.69) is 5.32 Å². The van der Waals surface area contributed by atoms with Gasteiger partial charge in [0.15, 0.2) is 0 Å². The molecule has 4 heteroatoms. The van der Waals surface area contributed by atoms with E-state index in [0.717, 1.165) is 5.56 Å². The van der Waals surface area contributed by atoms with Crippen molar-refractivity contribution in [2.75, 3.05) is 6.61 Å². The van der Waals surface area contributed by atoms with E-state index in [1.807, 2.05) is 44.2 Å². The van der Waals surface area contributed by atoms with Crippen molar-refractivity contribution >= 4 is 5.91 Å². The number of carbonyl (C=O) groups excluding carboxylic acids is 1. The molecule has 0 saturated heterocycles. The second-order valence-corrected chi connectivity index (χ2v) is 4.85. The Hall–Kier alpha value is -1.39. The quantitative estimate of drug-likeness (QED) is 0.695. The molecule has 1 aromatic carbocycles. The van der Waals surface area contributed by atoms with Crippen molar-refractivity contribution in [3.05, 3.63) is 35.9 Å². The van der Waals surface area contributed by atoms with Gasteiger partial charge >= 0.3 is 0 Å². The molecule has 0 heterocycles. The topological polar surface area (TPSA) is 75.4 Å². The molecule has 4 nitrogen and oxygen atoms in total. The molecule has 0 radical (unpaired) electrons. The van der Waals surface area contributed by atoms with Gasteiger partial charge in [-0.1, -0.05) is 44.2 Å². The Morgan fingerprint density at radius 2 is 1.94 bits per heavy atom. The molecule has 0 aliphatic rings. The summed E-state index contributed by atoms with van der Waals surface area (Å²) in [4.78, 5) is 11.8. The van der Waals surface area contributed by atoms with Gasteiger partial charge in [-0.2, -0.15) is 0 Å². The molecule has 0 bridgehead atoms. The molecule has 18 heavy (non-hydrogen) atoms. The molecule has 0 saturated carbocycles. The average Bonchev–Trinajstić information content (AvgIpc) is 2.37. The fourth-order valence-electron chi connectivity index (χ4n) is 1.66. The van der Waals surface area contributed by atoms with E-state index in [1.54, 1.807) is 0 Å². The zero-order valence-electron chi connectivity index (χ0n) is 11.0. The Kier molecular flexibility index (Phi) is 5.82. The van der Waals surface area contributed by atoms with Crippen LogP contribution >= 0.6 is 0 Å². The highest BCUT2D eigenvalue weighted by molar-refractivity contribution is 5.82. The lowest BCUT2D eigenvalue weighted by Crippen LogP contribution is -2.49. The summed E-state index contributed by atoms with van der Waals surface area (Å²) >= 11 is 0. The van der Waals surface area contributed by atoms with Crippen molar-refractivity contribution in [1.29, 1.82) is 0 Å². The summed E-state index contributed by atoms with van der Waals surface area (Å²) < 4.78 is 0. The van der Waals surface area contributed by atoms with Gasteiger partial charge in [0.25, 0.3) is 0 Å². The van der Waals surface area contributed by atoms with Crippen LogP contribution in [-0.4, -0.2) is 29.7 Å². The first-order chi connectivity index (χ1) is 8.54. The molecule has 1 amide bonds. The van der Waals surface area contributed by atoms with E-state index in [9.17, 15) is 9.90 Å². The zero-order valence-corrected chi connectivity index (χ0v) is 11.0. The maximum atomic E-state index is 11.8. The van der Waals surface area contributed by atoms with Gasteiger partial charge < -0.3 is 16.2 Å². The summed E-state index contributed by atoms with van der Waals surface area (Å²) in [5.74, 6) is -0.124. The second kappa shape index (κ2) is 7.13. The van der Waals surface area contributed by atoms with Crippen LogP contribution in [0, 0.1) is 5.92 Å². The third-order valence-electron chi connectivity index (χ3n) is 2.91. The largest absolute Gasteiger partial charge is 0.394 e. The fourth-order valence-corrected chi connectivity index (χ4v) is 1.66. The van der Waals surface area contributed by atoms with Crippen LogP contribution in [0.15, 0.2) is 30.3 Å². The highest BCUT2D eigenvalue weighted by Gasteiger charge is 2.20. The van der Waals surface area contributed by atoms with Crippen LogP contribution in [0.4, 0.5) is 0 Å². The first kappa shape index (κ1) is 14.7. The van der Waals surface area contributed by atoms with Gasteiger partial charge in [-0.25, -0.2) is 0 Å². The van der Waals surface area contributed by atoms with Gasteiger partial charge in [0.05, 0.1) is 18.7 Å². The number of nitrogens with two attached hydrogens (primary N) is 1. The minimum Gasteiger partial charge on any atom is -0.394 e. The lowest BCUT2D eigenvalue weighted by molar-refractivity contribution is -0.124. The van der Waals surface area contributed by atoms with E-state index < -0.39 is 6.04 Å². The Bertz CT molecular complexity index is 365. The summed E-state index contributed by atoms with van der Waals surface area (Å²) in [6.07, 6.45) is 0.605. The maximum absolute atomic E-state index is 11.8. The van der Waals surface area contributed by atoms with Gasteiger partial charge in [-0.15, -0.1) is 0 Å². The van der Waals surface area contributed by atoms with E-state index in [4.69, 9.17) is 5.73 Å². The predicted octanol–water partition coefficient (Wildman–Crippen LogP) is 0.690. The van der Waals surface area contributed by atoms with Crippen molar-refractivity contribution in [3.63, 3.8) is 0 Å². The van der Waals surface area contributed by atoms with Crippen LogP contribution in [0.3, 0.4) is 0 Å². The van der Waals surface area contributed by atoms with Gasteiger partial charge in [-0.05, 0) is 17.9 Å². The summed E-state index contributed by atoms with van der Waals surface area (Å²) in [7, 11) is 0. The summed E-state index contributed by atoms with van der Waals surface area (Å²) in [6, 6.07) is 8.93. The third-order valence-corrected chi connectivity index (χ3v) is 2.91. The predicted molar refractivity (Wildman–Crippen MR) is 72.0 cm³/mol. The van der Waals surface area contributed by atoms with Crippen molar-refractivity contribution < 1.29 is 9.90 Å². The number of carbonyl (C=O) groups is 1. The van der Waals surface area contributed by atoms with Gasteiger partial charge in [-0.3, -0.25) is 4.79 Å². The van der Waals surface area contributed by atoms with E-state index in [-0.39, 0.29) is 24.5 Å². The molecule has 2 atom stereocenters. The molecule has 0 fully saturated rings. The molecule has 0 spiro atoms. The Morgan fingerprint density at radius 1 is 1.33 bits per heavy atom. The molecule has 0 aromatic heterocycles. The van der Waals surface area contributed by atoms with Crippen LogP contribution in [0.25, 0.3) is 0 Å². The lowest BCUT2D eigenvalue weighted by atomic mass is 10.0.